The number of carbonyl (C=O) groups excluding carboxylic acids is 2. The van der Waals surface area contributed by atoms with Crippen LogP contribution in [0.3, 0.4) is 0 Å². The number of benzene rings is 1. The second-order valence-corrected chi connectivity index (χ2v) is 5.18. The molecule has 2 N–H and O–H groups in total. The van der Waals surface area contributed by atoms with Crippen molar-refractivity contribution in [3.8, 4) is 0 Å². The van der Waals surface area contributed by atoms with Gasteiger partial charge in [-0.1, -0.05) is 18.2 Å². The molecule has 0 atom stereocenters. The Hall–Kier alpha value is -2.69. The van der Waals surface area contributed by atoms with Crippen molar-refractivity contribution in [2.24, 2.45) is 0 Å². The lowest BCUT2D eigenvalue weighted by atomic mass is 10.1. The van der Waals surface area contributed by atoms with Gasteiger partial charge >= 0.3 is 0 Å². The zero-order chi connectivity index (χ0) is 15.9. The molecule has 5 nitrogen and oxygen atoms in total. The largest absolute Gasteiger partial charge is 0.352 e. The maximum absolute atomic E-state index is 11.9. The Morgan fingerprint density at radius 2 is 1.95 bits per heavy atom. The van der Waals surface area contributed by atoms with E-state index in [1.165, 1.54) is 0 Å². The Labute approximate surface area is 129 Å². The molecule has 1 heterocycles. The minimum Gasteiger partial charge on any atom is -0.352 e. The van der Waals surface area contributed by atoms with E-state index in [-0.39, 0.29) is 18.2 Å². The van der Waals surface area contributed by atoms with Crippen molar-refractivity contribution >= 4 is 17.5 Å². The summed E-state index contributed by atoms with van der Waals surface area (Å²) in [5, 5.41) is 5.47. The molecule has 0 fully saturated rings. The quantitative estimate of drug-likeness (QED) is 0.832. The summed E-state index contributed by atoms with van der Waals surface area (Å²) in [5.41, 5.74) is 3.66. The molecule has 2 aromatic rings. The SMILES string of the molecule is Cc1ccc(C)c(NC(=O)CC(=O)NCc2cccnc2)c1. The number of pyridine rings is 1. The van der Waals surface area contributed by atoms with Crippen molar-refractivity contribution < 1.29 is 9.59 Å². The number of rotatable bonds is 5. The molecule has 0 aliphatic heterocycles. The molecule has 2 rings (SSSR count). The van der Waals surface area contributed by atoms with Gasteiger partial charge in [0.2, 0.25) is 11.8 Å². The number of hydrogen-bond donors (Lipinski definition) is 2. The molecule has 0 saturated carbocycles. The molecule has 0 unspecified atom stereocenters. The molecule has 0 spiro atoms. The first-order valence-electron chi connectivity index (χ1n) is 7.07. The van der Waals surface area contributed by atoms with Crippen LogP contribution < -0.4 is 10.6 Å². The van der Waals surface area contributed by atoms with E-state index >= 15 is 0 Å². The fraction of sp³-hybridized carbons (Fsp3) is 0.235. The average molecular weight is 297 g/mol. The number of nitrogens with one attached hydrogen (secondary N) is 2. The lowest BCUT2D eigenvalue weighted by Crippen LogP contribution is -2.27. The number of aromatic nitrogens is 1. The van der Waals surface area contributed by atoms with Crippen molar-refractivity contribution in [2.45, 2.75) is 26.8 Å². The molecule has 0 radical (unpaired) electrons. The Kier molecular flexibility index (Phi) is 5.25. The minimum atomic E-state index is -0.322. The van der Waals surface area contributed by atoms with Gasteiger partial charge in [-0.05, 0) is 42.7 Å². The fourth-order valence-electron chi connectivity index (χ4n) is 1.98. The summed E-state index contributed by atoms with van der Waals surface area (Å²) in [6, 6.07) is 9.47. The van der Waals surface area contributed by atoms with E-state index < -0.39 is 0 Å². The topological polar surface area (TPSA) is 71.1 Å². The summed E-state index contributed by atoms with van der Waals surface area (Å²) < 4.78 is 0. The maximum Gasteiger partial charge on any atom is 0.233 e. The molecule has 5 heteroatoms. The highest BCUT2D eigenvalue weighted by atomic mass is 16.2. The van der Waals surface area contributed by atoms with Crippen LogP contribution in [-0.4, -0.2) is 16.8 Å². The van der Waals surface area contributed by atoms with Gasteiger partial charge in [-0.15, -0.1) is 0 Å². The smallest absolute Gasteiger partial charge is 0.233 e. The molecule has 0 aliphatic carbocycles. The normalized spacial score (nSPS) is 10.1. The van der Waals surface area contributed by atoms with Crippen molar-refractivity contribution in [1.29, 1.82) is 0 Å². The molecule has 0 aliphatic rings. The monoisotopic (exact) mass is 297 g/mol. The van der Waals surface area contributed by atoms with E-state index in [0.717, 1.165) is 22.4 Å². The summed E-state index contributed by atoms with van der Waals surface area (Å²) in [7, 11) is 0. The highest BCUT2D eigenvalue weighted by Crippen LogP contribution is 2.16. The van der Waals surface area contributed by atoms with Gasteiger partial charge in [0.05, 0.1) is 0 Å². The summed E-state index contributed by atoms with van der Waals surface area (Å²) in [4.78, 5) is 27.7. The van der Waals surface area contributed by atoms with Crippen LogP contribution in [0.4, 0.5) is 5.69 Å². The summed E-state index contributed by atoms with van der Waals surface area (Å²) >= 11 is 0. The zero-order valence-electron chi connectivity index (χ0n) is 12.7. The molecule has 0 bridgehead atoms. The van der Waals surface area contributed by atoms with Crippen molar-refractivity contribution in [3.05, 3.63) is 59.4 Å². The van der Waals surface area contributed by atoms with Crippen molar-refractivity contribution in [1.82, 2.24) is 10.3 Å². The van der Waals surface area contributed by atoms with Crippen LogP contribution in [0.25, 0.3) is 0 Å². The predicted octanol–water partition coefficient (Wildman–Crippen LogP) is 2.34. The van der Waals surface area contributed by atoms with Crippen LogP contribution in [0.5, 0.6) is 0 Å². The second kappa shape index (κ2) is 7.36. The third-order valence-corrected chi connectivity index (χ3v) is 3.20. The van der Waals surface area contributed by atoms with Gasteiger partial charge in [-0.2, -0.15) is 0 Å². The average Bonchev–Trinajstić information content (AvgIpc) is 2.50. The van der Waals surface area contributed by atoms with Gasteiger partial charge in [0.15, 0.2) is 0 Å². The van der Waals surface area contributed by atoms with Gasteiger partial charge in [0, 0.05) is 24.6 Å². The fourth-order valence-corrected chi connectivity index (χ4v) is 1.98. The molecule has 114 valence electrons. The van der Waals surface area contributed by atoms with Crippen LogP contribution in [0.15, 0.2) is 42.7 Å². The van der Waals surface area contributed by atoms with Gasteiger partial charge in [-0.25, -0.2) is 0 Å². The number of anilines is 1. The van der Waals surface area contributed by atoms with Crippen LogP contribution >= 0.6 is 0 Å². The van der Waals surface area contributed by atoms with Gasteiger partial charge in [0.1, 0.15) is 6.42 Å². The standard InChI is InChI=1S/C17H19N3O2/c1-12-5-6-13(2)15(8-12)20-17(22)9-16(21)19-11-14-4-3-7-18-10-14/h3-8,10H,9,11H2,1-2H3,(H,19,21)(H,20,22). The number of nitrogens with zero attached hydrogens (tertiary/aromatic N) is 1. The Bertz CT molecular complexity index is 669. The van der Waals surface area contributed by atoms with E-state index in [9.17, 15) is 9.59 Å². The lowest BCUT2D eigenvalue weighted by molar-refractivity contribution is -0.126. The predicted molar refractivity (Wildman–Crippen MR) is 85.2 cm³/mol. The first kappa shape index (κ1) is 15.7. The van der Waals surface area contributed by atoms with E-state index in [1.807, 2.05) is 38.1 Å². The molecule has 0 saturated heterocycles. The minimum absolute atomic E-state index is 0.201. The highest BCUT2D eigenvalue weighted by molar-refractivity contribution is 6.03. The number of hydrogen-bond acceptors (Lipinski definition) is 3. The third-order valence-electron chi connectivity index (χ3n) is 3.20. The Morgan fingerprint density at radius 1 is 1.14 bits per heavy atom. The van der Waals surface area contributed by atoms with Crippen LogP contribution in [0.1, 0.15) is 23.1 Å². The van der Waals surface area contributed by atoms with Crippen LogP contribution in [0, 0.1) is 13.8 Å². The number of amides is 2. The Morgan fingerprint density at radius 3 is 2.68 bits per heavy atom. The summed E-state index contributed by atoms with van der Waals surface area (Å²) in [5.74, 6) is -0.635. The van der Waals surface area contributed by atoms with Gasteiger partial charge in [0.25, 0.3) is 0 Å². The van der Waals surface area contributed by atoms with Crippen molar-refractivity contribution in [2.75, 3.05) is 5.32 Å². The van der Waals surface area contributed by atoms with Crippen molar-refractivity contribution in [3.63, 3.8) is 0 Å². The van der Waals surface area contributed by atoms with E-state index in [1.54, 1.807) is 18.5 Å². The zero-order valence-corrected chi connectivity index (χ0v) is 12.7. The second-order valence-electron chi connectivity index (χ2n) is 5.18. The summed E-state index contributed by atoms with van der Waals surface area (Å²) in [6.07, 6.45) is 3.15. The first-order valence-corrected chi connectivity index (χ1v) is 7.07. The van der Waals surface area contributed by atoms with Gasteiger partial charge in [-0.3, -0.25) is 14.6 Å². The van der Waals surface area contributed by atoms with Gasteiger partial charge < -0.3 is 10.6 Å². The van der Waals surface area contributed by atoms with E-state index in [4.69, 9.17) is 0 Å². The van der Waals surface area contributed by atoms with E-state index in [0.29, 0.717) is 6.54 Å². The summed E-state index contributed by atoms with van der Waals surface area (Å²) in [6.45, 7) is 4.23. The first-order chi connectivity index (χ1) is 10.5. The third kappa shape index (κ3) is 4.70. The molecule has 2 amide bonds. The lowest BCUT2D eigenvalue weighted by Gasteiger charge is -2.09. The van der Waals surface area contributed by atoms with E-state index in [2.05, 4.69) is 15.6 Å². The molecule has 1 aromatic carbocycles. The van der Waals surface area contributed by atoms with Crippen LogP contribution in [-0.2, 0) is 16.1 Å². The molecular weight excluding hydrogens is 278 g/mol. The molecular formula is C17H19N3O2. The number of carbonyl (C=O) groups is 2. The van der Waals surface area contributed by atoms with Crippen LogP contribution in [0.2, 0.25) is 0 Å². The highest BCUT2D eigenvalue weighted by Gasteiger charge is 2.10. The molecule has 1 aromatic heterocycles. The maximum atomic E-state index is 11.9. The molecule has 22 heavy (non-hydrogen) atoms. The Balaban J connectivity index is 1.84. The number of aryl methyl sites for hydroxylation is 2.